The van der Waals surface area contributed by atoms with Crippen molar-refractivity contribution in [2.45, 2.75) is 0 Å². The second-order valence-corrected chi connectivity index (χ2v) is 2.87. The van der Waals surface area contributed by atoms with Gasteiger partial charge in [0.2, 0.25) is 0 Å². The van der Waals surface area contributed by atoms with E-state index in [0.29, 0.717) is 17.6 Å². The van der Waals surface area contributed by atoms with Gasteiger partial charge in [0.1, 0.15) is 0 Å². The van der Waals surface area contributed by atoms with E-state index in [1.54, 1.807) is 18.3 Å². The van der Waals surface area contributed by atoms with Crippen LogP contribution in [0.2, 0.25) is 0 Å². The first-order valence-corrected chi connectivity index (χ1v) is 4.20. The number of fused-ring (bicyclic) bond motifs is 1. The summed E-state index contributed by atoms with van der Waals surface area (Å²) in [6.07, 6.45) is 1.74. The molecule has 7 heteroatoms. The van der Waals surface area contributed by atoms with Crippen LogP contribution in [0.25, 0.3) is 10.9 Å². The molecule has 0 saturated carbocycles. The van der Waals surface area contributed by atoms with E-state index >= 15 is 0 Å². The van der Waals surface area contributed by atoms with E-state index in [9.17, 15) is 4.79 Å². The van der Waals surface area contributed by atoms with E-state index in [0.717, 1.165) is 5.39 Å². The van der Waals surface area contributed by atoms with Crippen LogP contribution >= 0.6 is 0 Å². The molecule has 0 aliphatic heterocycles. The van der Waals surface area contributed by atoms with Crippen molar-refractivity contribution < 1.29 is 47.4 Å². The molecule has 1 radical (unpaired) electrons. The van der Waals surface area contributed by atoms with Gasteiger partial charge in [0, 0.05) is 32.7 Å². The first kappa shape index (κ1) is 15.6. The van der Waals surface area contributed by atoms with E-state index in [1.165, 1.54) is 4.68 Å². The summed E-state index contributed by atoms with van der Waals surface area (Å²) in [6.45, 7) is 0.500. The minimum Gasteiger partial charge on any atom is -0.665 e. The maximum Gasteiger partial charge on any atom is 0.250 e. The minimum absolute atomic E-state index is 0. The number of rotatable bonds is 1. The first-order valence-electron chi connectivity index (χ1n) is 4.20. The Balaban J connectivity index is 0.000000583. The molecule has 0 fully saturated rings. The fourth-order valence-corrected chi connectivity index (χ4v) is 1.29. The summed E-state index contributed by atoms with van der Waals surface area (Å²) in [5.74, 6) is -0.468. The van der Waals surface area contributed by atoms with Gasteiger partial charge < -0.3 is 20.3 Å². The summed E-state index contributed by atoms with van der Waals surface area (Å²) in [4.78, 5) is 19.2. The number of primary amides is 1. The summed E-state index contributed by atoms with van der Waals surface area (Å²) in [5.41, 5.74) is 6.21. The molecule has 3 N–H and O–H groups in total. The zero-order valence-electron chi connectivity index (χ0n) is 8.83. The molecule has 0 aliphatic rings. The van der Waals surface area contributed by atoms with Crippen molar-refractivity contribution in [3.05, 3.63) is 37.0 Å². The average molecular weight is 308 g/mol. The number of benzene rings is 1. The molecule has 1 amide bonds. The number of nitrogens with zero attached hydrogens (tertiary/aromatic N) is 2. The monoisotopic (exact) mass is 308 g/mol. The number of amides is 1. The number of aliphatic hydroxyl groups excluding tert-OH is 1. The van der Waals surface area contributed by atoms with Crippen LogP contribution in [0.3, 0.4) is 0 Å². The van der Waals surface area contributed by atoms with Gasteiger partial charge in [-0.3, -0.25) is 4.79 Å². The Hall–Kier alpha value is -1.40. The largest absolute Gasteiger partial charge is 0.665 e. The van der Waals surface area contributed by atoms with Gasteiger partial charge in [-0.1, -0.05) is 24.0 Å². The van der Waals surface area contributed by atoms with Crippen LogP contribution in [-0.2, 0) is 37.5 Å². The Labute approximate surface area is 123 Å². The van der Waals surface area contributed by atoms with Gasteiger partial charge in [0.05, 0.1) is 11.1 Å². The van der Waals surface area contributed by atoms with Crippen molar-refractivity contribution in [1.82, 2.24) is 9.78 Å². The third-order valence-corrected chi connectivity index (χ3v) is 1.85. The van der Waals surface area contributed by atoms with Gasteiger partial charge in [0.15, 0.2) is 0 Å². The number of hydrogen-bond donors (Lipinski definition) is 2. The van der Waals surface area contributed by atoms with Crippen molar-refractivity contribution in [2.75, 3.05) is 0 Å². The van der Waals surface area contributed by atoms with Crippen LogP contribution in [0.15, 0.2) is 24.4 Å². The molecule has 1 aromatic heterocycles. The maximum atomic E-state index is 11.0. The van der Waals surface area contributed by atoms with E-state index in [2.05, 4.69) is 12.1 Å². The maximum absolute atomic E-state index is 11.0. The molecule has 1 heterocycles. The Morgan fingerprint density at radius 1 is 1.53 bits per heavy atom. The molecule has 0 bridgehead atoms. The van der Waals surface area contributed by atoms with Gasteiger partial charge in [-0.05, 0) is 6.07 Å². The molecule has 87 valence electrons. The second-order valence-electron chi connectivity index (χ2n) is 2.87. The molecule has 2 rings (SSSR count). The summed E-state index contributed by atoms with van der Waals surface area (Å²) < 4.78 is 1.41. The predicted molar refractivity (Wildman–Crippen MR) is 57.3 cm³/mol. The van der Waals surface area contributed by atoms with Crippen molar-refractivity contribution >= 4 is 23.3 Å². The molecule has 0 spiro atoms. The Morgan fingerprint density at radius 2 is 2.12 bits per heavy atom. The number of nitrogens with two attached hydrogens (primary N) is 1. The molecule has 1 aromatic carbocycles. The third kappa shape index (κ3) is 3.83. The Bertz CT molecular complexity index is 524. The molecule has 17 heavy (non-hydrogen) atoms. The summed E-state index contributed by atoms with van der Waals surface area (Å²) >= 11 is 0. The number of aromatic nitrogens is 2. The van der Waals surface area contributed by atoms with Crippen molar-refractivity contribution in [3.8, 4) is 0 Å². The number of carbonyl (C=O) groups excluding carboxylic acids is 1. The zero-order valence-corrected chi connectivity index (χ0v) is 11.7. The third-order valence-electron chi connectivity index (χ3n) is 1.85. The Kier molecular flexibility index (Phi) is 6.45. The van der Waals surface area contributed by atoms with Gasteiger partial charge in [-0.15, -0.1) is 6.20 Å². The van der Waals surface area contributed by atoms with Gasteiger partial charge in [0.25, 0.3) is 5.91 Å². The van der Waals surface area contributed by atoms with E-state index in [1.807, 2.05) is 6.07 Å². The standard InChI is InChI=1S/C9H8N3O.CHO2.Y/c1-12-5-6-3-2-4-7(9(10)13)8(6)11-12;2-1-3;/h2-5H,1H2,(H2,10,13);(H,2,3);/q2*-1;. The van der Waals surface area contributed by atoms with Crippen LogP contribution in [0.5, 0.6) is 0 Å². The smallest absolute Gasteiger partial charge is 0.250 e. The quantitative estimate of drug-likeness (QED) is 0.744. The average Bonchev–Trinajstić information content (AvgIpc) is 2.58. The van der Waals surface area contributed by atoms with Crippen molar-refractivity contribution in [3.63, 3.8) is 0 Å². The molecule has 0 atom stereocenters. The van der Waals surface area contributed by atoms with Crippen LogP contribution in [0.1, 0.15) is 10.4 Å². The number of carbonyl (C=O) groups is 1. The van der Waals surface area contributed by atoms with Crippen molar-refractivity contribution in [2.24, 2.45) is 5.73 Å². The molecule has 0 unspecified atom stereocenters. The minimum atomic E-state index is -0.468. The van der Waals surface area contributed by atoms with Crippen LogP contribution < -0.4 is 5.73 Å². The van der Waals surface area contributed by atoms with Gasteiger partial charge in [-0.25, -0.2) is 5.10 Å². The fraction of sp³-hybridized carbons (Fsp3) is 0. The van der Waals surface area contributed by atoms with Crippen LogP contribution in [0, 0.1) is 7.05 Å². The Morgan fingerprint density at radius 3 is 2.65 bits per heavy atom. The SMILES string of the molecule is O=[C-]O.[CH2-]n1cc2cccc(C(N)=O)c2n1.[Y]. The summed E-state index contributed by atoms with van der Waals surface area (Å²) in [7, 11) is 3.61. The molecular formula is C10H9N3O3Y-2. The molecular weight excluding hydrogens is 299 g/mol. The number of hydrogen-bond acceptors (Lipinski definition) is 3. The summed E-state index contributed by atoms with van der Waals surface area (Å²) in [5, 5.41) is 11.7. The van der Waals surface area contributed by atoms with Crippen molar-refractivity contribution in [1.29, 1.82) is 0 Å². The predicted octanol–water partition coefficient (Wildman–Crippen LogP) is 0.384. The van der Waals surface area contributed by atoms with E-state index in [-0.39, 0.29) is 32.7 Å². The van der Waals surface area contributed by atoms with E-state index < -0.39 is 5.91 Å². The van der Waals surface area contributed by atoms with Gasteiger partial charge in [-0.2, -0.15) is 7.05 Å². The second kappa shape index (κ2) is 7.03. The molecule has 0 aliphatic carbocycles. The fourth-order valence-electron chi connectivity index (χ4n) is 1.29. The van der Waals surface area contributed by atoms with Crippen LogP contribution in [0.4, 0.5) is 0 Å². The first-order chi connectivity index (χ1) is 7.60. The molecule has 0 saturated heterocycles. The van der Waals surface area contributed by atoms with Gasteiger partial charge >= 0.3 is 0 Å². The zero-order chi connectivity index (χ0) is 12.1. The van der Waals surface area contributed by atoms with Crippen LogP contribution in [-0.4, -0.2) is 27.3 Å². The molecule has 6 nitrogen and oxygen atoms in total. The summed E-state index contributed by atoms with van der Waals surface area (Å²) in [6, 6.07) is 5.28. The normalized spacial score (nSPS) is 8.71. The van der Waals surface area contributed by atoms with E-state index in [4.69, 9.17) is 15.6 Å². The topological polar surface area (TPSA) is 98.2 Å². The molecule has 2 aromatic rings.